The minimum atomic E-state index is -0.430. The third kappa shape index (κ3) is 3.71. The number of rotatable bonds is 6. The van der Waals surface area contributed by atoms with Crippen molar-refractivity contribution in [1.29, 1.82) is 0 Å². The summed E-state index contributed by atoms with van der Waals surface area (Å²) >= 11 is 0. The molecule has 2 amide bonds. The topological polar surface area (TPSA) is 67.9 Å². The van der Waals surface area contributed by atoms with E-state index in [1.165, 1.54) is 4.90 Å². The monoisotopic (exact) mass is 428 g/mol. The van der Waals surface area contributed by atoms with Gasteiger partial charge in [-0.15, -0.1) is 0 Å². The summed E-state index contributed by atoms with van der Waals surface area (Å²) in [5, 5.41) is 3.17. The number of imide groups is 1. The Bertz CT molecular complexity index is 1230. The lowest BCUT2D eigenvalue weighted by Crippen LogP contribution is -2.32. The van der Waals surface area contributed by atoms with Crippen LogP contribution in [0, 0.1) is 13.8 Å². The molecule has 0 saturated carbocycles. The fourth-order valence-electron chi connectivity index (χ4n) is 3.85. The highest BCUT2D eigenvalue weighted by Gasteiger charge is 2.41. The maximum atomic E-state index is 13.6. The molecule has 0 spiro atoms. The predicted octanol–water partition coefficient (Wildman–Crippen LogP) is 4.72. The maximum Gasteiger partial charge on any atom is 0.282 e. The van der Waals surface area contributed by atoms with Gasteiger partial charge in [0.1, 0.15) is 17.2 Å². The van der Waals surface area contributed by atoms with E-state index in [1.807, 2.05) is 38.1 Å². The summed E-state index contributed by atoms with van der Waals surface area (Å²) in [6, 6.07) is 20.0. The lowest BCUT2D eigenvalue weighted by atomic mass is 9.97. The van der Waals surface area contributed by atoms with Gasteiger partial charge in [0.2, 0.25) is 0 Å². The van der Waals surface area contributed by atoms with Gasteiger partial charge in [-0.25, -0.2) is 4.90 Å². The molecule has 0 aromatic heterocycles. The summed E-state index contributed by atoms with van der Waals surface area (Å²) in [6.07, 6.45) is 0. The number of carbonyl (C=O) groups excluding carboxylic acids is 2. The largest absolute Gasteiger partial charge is 0.497 e. The van der Waals surface area contributed by atoms with Gasteiger partial charge < -0.3 is 14.8 Å². The lowest BCUT2D eigenvalue weighted by Gasteiger charge is -2.16. The summed E-state index contributed by atoms with van der Waals surface area (Å²) in [4.78, 5) is 28.3. The normalized spacial score (nSPS) is 13.6. The molecule has 1 aliphatic heterocycles. The zero-order valence-corrected chi connectivity index (χ0v) is 18.4. The predicted molar refractivity (Wildman–Crippen MR) is 125 cm³/mol. The Morgan fingerprint density at radius 2 is 1.56 bits per heavy atom. The number of hydrogen-bond donors (Lipinski definition) is 1. The summed E-state index contributed by atoms with van der Waals surface area (Å²) in [6.45, 7) is 3.92. The highest BCUT2D eigenvalue weighted by Crippen LogP contribution is 2.37. The first-order chi connectivity index (χ1) is 15.4. The molecule has 0 unspecified atom stereocenters. The van der Waals surface area contributed by atoms with Crippen LogP contribution in [0.15, 0.2) is 72.4 Å². The van der Waals surface area contributed by atoms with Crippen LogP contribution in [0.2, 0.25) is 0 Å². The van der Waals surface area contributed by atoms with E-state index in [9.17, 15) is 9.59 Å². The Morgan fingerprint density at radius 3 is 2.22 bits per heavy atom. The number of hydrogen-bond acceptors (Lipinski definition) is 5. The standard InChI is InChI=1S/C26H24N2O4/c1-16-10-12-20(17(2)14-16)23-24(27-21-15-19(31-3)11-13-22(21)32-4)26(30)28(25(23)29)18-8-6-5-7-9-18/h5-15,27H,1-4H3. The van der Waals surface area contributed by atoms with Crippen LogP contribution in [-0.2, 0) is 9.59 Å². The van der Waals surface area contributed by atoms with E-state index in [4.69, 9.17) is 9.47 Å². The Hall–Kier alpha value is -4.06. The fraction of sp³-hybridized carbons (Fsp3) is 0.154. The average molecular weight is 428 g/mol. The lowest BCUT2D eigenvalue weighted by molar-refractivity contribution is -0.120. The van der Waals surface area contributed by atoms with E-state index >= 15 is 0 Å². The molecular formula is C26H24N2O4. The third-order valence-corrected chi connectivity index (χ3v) is 5.42. The Labute approximate surface area is 187 Å². The molecule has 0 radical (unpaired) electrons. The second-order valence-corrected chi connectivity index (χ2v) is 7.54. The van der Waals surface area contributed by atoms with Crippen LogP contribution in [0.3, 0.4) is 0 Å². The molecule has 1 aliphatic rings. The average Bonchev–Trinajstić information content (AvgIpc) is 3.03. The smallest absolute Gasteiger partial charge is 0.282 e. The van der Waals surface area contributed by atoms with Crippen molar-refractivity contribution in [2.24, 2.45) is 0 Å². The number of anilines is 2. The minimum Gasteiger partial charge on any atom is -0.497 e. The SMILES string of the molecule is COc1ccc(OC)c(NC2=C(c3ccc(C)cc3C)C(=O)N(c3ccccc3)C2=O)c1. The van der Waals surface area contributed by atoms with Gasteiger partial charge in [0, 0.05) is 6.07 Å². The third-order valence-electron chi connectivity index (χ3n) is 5.42. The molecule has 4 rings (SSSR count). The Kier molecular flexibility index (Phi) is 5.69. The number of nitrogens with one attached hydrogen (secondary N) is 1. The molecule has 1 N–H and O–H groups in total. The van der Waals surface area contributed by atoms with E-state index in [0.29, 0.717) is 34.0 Å². The van der Waals surface area contributed by atoms with Gasteiger partial charge in [0.25, 0.3) is 11.8 Å². The van der Waals surface area contributed by atoms with Gasteiger partial charge in [-0.2, -0.15) is 0 Å². The van der Waals surface area contributed by atoms with Gasteiger partial charge >= 0.3 is 0 Å². The van der Waals surface area contributed by atoms with E-state index < -0.39 is 5.91 Å². The Balaban J connectivity index is 1.89. The van der Waals surface area contributed by atoms with Gasteiger partial charge in [0.15, 0.2) is 0 Å². The molecule has 162 valence electrons. The van der Waals surface area contributed by atoms with Crippen molar-refractivity contribution in [2.45, 2.75) is 13.8 Å². The molecule has 0 saturated heterocycles. The van der Waals surface area contributed by atoms with Gasteiger partial charge in [-0.3, -0.25) is 9.59 Å². The summed E-state index contributed by atoms with van der Waals surface area (Å²) in [7, 11) is 3.11. The second kappa shape index (κ2) is 8.59. The first-order valence-electron chi connectivity index (χ1n) is 10.2. The molecule has 6 heteroatoms. The van der Waals surface area contributed by atoms with Crippen molar-refractivity contribution in [3.05, 3.63) is 89.1 Å². The van der Waals surface area contributed by atoms with E-state index in [2.05, 4.69) is 5.32 Å². The van der Waals surface area contributed by atoms with E-state index in [0.717, 1.165) is 11.1 Å². The highest BCUT2D eigenvalue weighted by atomic mass is 16.5. The highest BCUT2D eigenvalue weighted by molar-refractivity contribution is 6.46. The van der Waals surface area contributed by atoms with Crippen molar-refractivity contribution in [1.82, 2.24) is 0 Å². The van der Waals surface area contributed by atoms with Crippen molar-refractivity contribution < 1.29 is 19.1 Å². The summed E-state index contributed by atoms with van der Waals surface area (Å²) < 4.78 is 10.8. The number of nitrogens with zero attached hydrogens (tertiary/aromatic N) is 1. The number of para-hydroxylation sites is 1. The van der Waals surface area contributed by atoms with Gasteiger partial charge in [-0.1, -0.05) is 42.0 Å². The number of aryl methyl sites for hydroxylation is 2. The fourth-order valence-corrected chi connectivity index (χ4v) is 3.85. The number of benzene rings is 3. The van der Waals surface area contributed by atoms with Crippen LogP contribution in [0.5, 0.6) is 11.5 Å². The van der Waals surface area contributed by atoms with Crippen molar-refractivity contribution in [3.63, 3.8) is 0 Å². The molecule has 3 aromatic rings. The van der Waals surface area contributed by atoms with Crippen LogP contribution >= 0.6 is 0 Å². The van der Waals surface area contributed by atoms with Gasteiger partial charge in [0.05, 0.1) is 31.2 Å². The number of carbonyl (C=O) groups is 2. The molecule has 32 heavy (non-hydrogen) atoms. The molecule has 0 bridgehead atoms. The molecule has 6 nitrogen and oxygen atoms in total. The molecule has 3 aromatic carbocycles. The van der Waals surface area contributed by atoms with E-state index in [1.54, 1.807) is 56.7 Å². The first-order valence-corrected chi connectivity index (χ1v) is 10.2. The zero-order chi connectivity index (χ0) is 22.8. The quantitative estimate of drug-likeness (QED) is 0.576. The Morgan fingerprint density at radius 1 is 0.812 bits per heavy atom. The molecule has 1 heterocycles. The number of methoxy groups -OCH3 is 2. The summed E-state index contributed by atoms with van der Waals surface area (Å²) in [5.41, 5.74) is 4.25. The van der Waals surface area contributed by atoms with Crippen LogP contribution in [0.4, 0.5) is 11.4 Å². The molecule has 0 aliphatic carbocycles. The minimum absolute atomic E-state index is 0.192. The van der Waals surface area contributed by atoms with Gasteiger partial charge in [-0.05, 0) is 49.2 Å². The zero-order valence-electron chi connectivity index (χ0n) is 18.4. The molecule has 0 fully saturated rings. The van der Waals surface area contributed by atoms with Crippen LogP contribution in [0.25, 0.3) is 5.57 Å². The summed E-state index contributed by atoms with van der Waals surface area (Å²) in [5.74, 6) is 0.314. The van der Waals surface area contributed by atoms with E-state index in [-0.39, 0.29) is 11.6 Å². The van der Waals surface area contributed by atoms with Crippen molar-refractivity contribution >= 4 is 28.8 Å². The molecule has 0 atom stereocenters. The van der Waals surface area contributed by atoms with Crippen molar-refractivity contribution in [3.8, 4) is 11.5 Å². The first kappa shape index (κ1) is 21.2. The van der Waals surface area contributed by atoms with Crippen LogP contribution in [-0.4, -0.2) is 26.0 Å². The second-order valence-electron chi connectivity index (χ2n) is 7.54. The van der Waals surface area contributed by atoms with Crippen LogP contribution < -0.4 is 19.7 Å². The van der Waals surface area contributed by atoms with Crippen LogP contribution in [0.1, 0.15) is 16.7 Å². The number of ether oxygens (including phenoxy) is 2. The molecular weight excluding hydrogens is 404 g/mol. The number of amides is 2. The maximum absolute atomic E-state index is 13.6. The van der Waals surface area contributed by atoms with Crippen molar-refractivity contribution in [2.75, 3.05) is 24.4 Å².